The molecule has 51 heavy (non-hydrogen) atoms. The average molecular weight is 736 g/mol. The van der Waals surface area contributed by atoms with E-state index in [1.807, 2.05) is 12.1 Å². The Morgan fingerprint density at radius 1 is 1.02 bits per heavy atom. The first kappa shape index (κ1) is 37.5. The van der Waals surface area contributed by atoms with Crippen LogP contribution in [0.1, 0.15) is 82.1 Å². The number of hydrogen-bond donors (Lipinski definition) is 4. The van der Waals surface area contributed by atoms with Gasteiger partial charge in [0.25, 0.3) is 0 Å². The van der Waals surface area contributed by atoms with Gasteiger partial charge in [0, 0.05) is 63.5 Å². The highest BCUT2D eigenvalue weighted by Gasteiger charge is 2.53. The molecule has 1 saturated carbocycles. The number of alkyl halides is 1. The molecule has 1 aliphatic carbocycles. The molecule has 7 rings (SSSR count). The van der Waals surface area contributed by atoms with Crippen LogP contribution in [0.25, 0.3) is 0 Å². The van der Waals surface area contributed by atoms with Gasteiger partial charge in [0.2, 0.25) is 0 Å². The lowest BCUT2D eigenvalue weighted by Crippen LogP contribution is -2.65. The number of guanidine groups is 1. The molecule has 0 amide bonds. The Morgan fingerprint density at radius 3 is 2.49 bits per heavy atom. The second kappa shape index (κ2) is 16.7. The number of aliphatic imine (C=N–C) groups is 1. The predicted octanol–water partition coefficient (Wildman–Crippen LogP) is 2.97. The zero-order valence-electron chi connectivity index (χ0n) is 30.0. The highest BCUT2D eigenvalue weighted by Crippen LogP contribution is 2.44. The first-order valence-corrected chi connectivity index (χ1v) is 20.1. The summed E-state index contributed by atoms with van der Waals surface area (Å²) in [7, 11) is 0. The summed E-state index contributed by atoms with van der Waals surface area (Å²) in [5.41, 5.74) is 0.523. The van der Waals surface area contributed by atoms with Crippen LogP contribution in [0.5, 0.6) is 5.75 Å². The molecule has 0 aromatic heterocycles. The van der Waals surface area contributed by atoms with Crippen LogP contribution in [0.15, 0.2) is 23.2 Å². The molecule has 1 aromatic rings. The smallest absolute Gasteiger partial charge is 0.196 e. The van der Waals surface area contributed by atoms with Gasteiger partial charge in [-0.15, -0.1) is 11.6 Å². The van der Waals surface area contributed by atoms with Gasteiger partial charge >= 0.3 is 0 Å². The molecular formula is C38H59ClFN5O6. The summed E-state index contributed by atoms with van der Waals surface area (Å²) in [6.45, 7) is 6.71. The topological polar surface area (TPSA) is 125 Å². The minimum atomic E-state index is -1.40. The molecule has 13 heteroatoms. The number of piperidine rings is 1. The molecule has 4 unspecified atom stereocenters. The molecule has 0 bridgehead atoms. The van der Waals surface area contributed by atoms with Crippen molar-refractivity contribution < 1.29 is 34.3 Å². The Balaban J connectivity index is 0.834. The molecular weight excluding hydrogens is 677 g/mol. The molecule has 0 radical (unpaired) electrons. The molecule has 1 aromatic carbocycles. The van der Waals surface area contributed by atoms with Crippen molar-refractivity contribution in [3.8, 4) is 5.75 Å². The van der Waals surface area contributed by atoms with Gasteiger partial charge in [0.1, 0.15) is 30.0 Å². The van der Waals surface area contributed by atoms with E-state index in [-0.39, 0.29) is 35.4 Å². The van der Waals surface area contributed by atoms with Crippen molar-refractivity contribution in [1.82, 2.24) is 19.6 Å². The maximum absolute atomic E-state index is 15.5. The molecule has 4 saturated heterocycles. The number of β-amino-alcohol motifs (C(OH)–C–C–N with tert-alkyl or cyclic N) is 1. The fourth-order valence-corrected chi connectivity index (χ4v) is 9.73. The van der Waals surface area contributed by atoms with Crippen molar-refractivity contribution in [2.24, 2.45) is 10.9 Å². The van der Waals surface area contributed by atoms with E-state index >= 15 is 4.39 Å². The van der Waals surface area contributed by atoms with E-state index < -0.39 is 24.9 Å². The van der Waals surface area contributed by atoms with Crippen molar-refractivity contribution in [3.05, 3.63) is 29.6 Å². The van der Waals surface area contributed by atoms with Crippen molar-refractivity contribution in [2.75, 3.05) is 72.2 Å². The van der Waals surface area contributed by atoms with E-state index in [1.165, 1.54) is 44.1 Å². The van der Waals surface area contributed by atoms with Gasteiger partial charge < -0.3 is 39.7 Å². The van der Waals surface area contributed by atoms with Crippen LogP contribution in [0.3, 0.4) is 0 Å². The van der Waals surface area contributed by atoms with E-state index in [4.69, 9.17) is 31.2 Å². The van der Waals surface area contributed by atoms with Crippen LogP contribution < -0.4 is 4.74 Å². The molecule has 7 atom stereocenters. The average Bonchev–Trinajstić information content (AvgIpc) is 3.59. The summed E-state index contributed by atoms with van der Waals surface area (Å²) in [5, 5.41) is 39.5. The van der Waals surface area contributed by atoms with Gasteiger partial charge in [-0.1, -0.05) is 25.3 Å². The maximum Gasteiger partial charge on any atom is 0.196 e. The minimum Gasteiger partial charge on any atom is -0.493 e. The molecule has 5 heterocycles. The first-order valence-electron chi connectivity index (χ1n) is 19.6. The molecule has 5 aliphatic heterocycles. The second-order valence-electron chi connectivity index (χ2n) is 16.1. The monoisotopic (exact) mass is 735 g/mol. The number of likely N-dealkylation sites (tertiary alicyclic amines) is 3. The van der Waals surface area contributed by atoms with E-state index in [1.54, 1.807) is 0 Å². The van der Waals surface area contributed by atoms with Crippen LogP contribution in [-0.2, 0) is 4.74 Å². The highest BCUT2D eigenvalue weighted by molar-refractivity contribution is 6.21. The fourth-order valence-electron chi connectivity index (χ4n) is 9.51. The number of halogens is 2. The number of benzene rings is 1. The zero-order chi connectivity index (χ0) is 35.5. The predicted molar refractivity (Wildman–Crippen MR) is 194 cm³/mol. The number of nitrogens with zero attached hydrogens (tertiary/aromatic N) is 5. The Hall–Kier alpha value is -1.77. The van der Waals surface area contributed by atoms with Gasteiger partial charge in [-0.05, 0) is 68.9 Å². The Kier molecular flexibility index (Phi) is 12.3. The number of aliphatic hydroxyl groups excluding tert-OH is 4. The SMILES string of the molecule is OC[C@@H](O)[C@@H](O)[C@@H](O)CN1CCC12CCN(C1OCC1c1ccc(OCCCC3CCN(C4=NCC(Cl)CN4C4CCCCC4)CC3)cc1F)C2. The Morgan fingerprint density at radius 2 is 1.80 bits per heavy atom. The number of rotatable bonds is 13. The standard InChI is InChI=1S/C38H59ClFN5O6/c39-27-20-41-37(45(21-27)28-6-2-1-3-7-28)42-14-10-26(11-15-42)5-4-18-50-29-8-9-30(32(40)19-29)31-24-51-36(31)43-16-12-38(25-43)13-17-44(38)22-33(47)35(49)34(48)23-46/h8-9,19,26-28,31,33-36,46-49H,1-7,10-18,20-25H2/t27?,31?,33-,34+,35-,36?,38?/m0/s1. The van der Waals surface area contributed by atoms with Crippen LogP contribution in [0, 0.1) is 11.7 Å². The largest absolute Gasteiger partial charge is 0.493 e. The van der Waals surface area contributed by atoms with E-state index in [9.17, 15) is 15.3 Å². The van der Waals surface area contributed by atoms with E-state index in [0.29, 0.717) is 43.0 Å². The number of aliphatic hydroxyl groups is 4. The quantitative estimate of drug-likeness (QED) is 0.178. The van der Waals surface area contributed by atoms with E-state index in [0.717, 1.165) is 77.8 Å². The van der Waals surface area contributed by atoms with Crippen LogP contribution >= 0.6 is 11.6 Å². The lowest BCUT2D eigenvalue weighted by Gasteiger charge is -2.53. The fraction of sp³-hybridized carbons (Fsp3) is 0.816. The van der Waals surface area contributed by atoms with Crippen molar-refractivity contribution in [1.29, 1.82) is 0 Å². The molecule has 6 aliphatic rings. The number of hydrogen-bond acceptors (Lipinski definition) is 11. The van der Waals surface area contributed by atoms with Crippen molar-refractivity contribution in [2.45, 2.75) is 118 Å². The maximum atomic E-state index is 15.5. The molecule has 5 fully saturated rings. The van der Waals surface area contributed by atoms with Crippen molar-refractivity contribution >= 4 is 17.6 Å². The third-order valence-corrected chi connectivity index (χ3v) is 13.1. The van der Waals surface area contributed by atoms with Crippen LogP contribution in [0.4, 0.5) is 4.39 Å². The molecule has 286 valence electrons. The minimum absolute atomic E-state index is 0.0635. The summed E-state index contributed by atoms with van der Waals surface area (Å²) < 4.78 is 27.5. The van der Waals surface area contributed by atoms with Crippen LogP contribution in [-0.4, -0.2) is 160 Å². The summed E-state index contributed by atoms with van der Waals surface area (Å²) in [4.78, 5) is 14.4. The van der Waals surface area contributed by atoms with Gasteiger partial charge in [-0.2, -0.15) is 0 Å². The Bertz CT molecular complexity index is 1330. The summed E-state index contributed by atoms with van der Waals surface area (Å²) in [6.07, 6.45) is 8.56. The van der Waals surface area contributed by atoms with Gasteiger partial charge in [0.05, 0.1) is 43.8 Å². The molecule has 11 nitrogen and oxygen atoms in total. The van der Waals surface area contributed by atoms with Gasteiger partial charge in [-0.25, -0.2) is 4.39 Å². The highest BCUT2D eigenvalue weighted by atomic mass is 35.5. The third-order valence-electron chi connectivity index (χ3n) is 12.8. The van der Waals surface area contributed by atoms with Crippen LogP contribution in [0.2, 0.25) is 0 Å². The van der Waals surface area contributed by atoms with Gasteiger partial charge in [-0.3, -0.25) is 14.8 Å². The van der Waals surface area contributed by atoms with Gasteiger partial charge in [0.15, 0.2) is 5.96 Å². The summed E-state index contributed by atoms with van der Waals surface area (Å²) in [6, 6.07) is 5.83. The summed E-state index contributed by atoms with van der Waals surface area (Å²) >= 11 is 6.56. The third kappa shape index (κ3) is 8.33. The van der Waals surface area contributed by atoms with Crippen molar-refractivity contribution in [3.63, 3.8) is 0 Å². The number of ether oxygens (including phenoxy) is 2. The Labute approximate surface area is 307 Å². The second-order valence-corrected chi connectivity index (χ2v) is 16.7. The normalized spacial score (nSPS) is 31.6. The first-order chi connectivity index (χ1) is 24.7. The lowest BCUT2D eigenvalue weighted by atomic mass is 9.83. The lowest BCUT2D eigenvalue weighted by molar-refractivity contribution is -0.166. The molecule has 4 N–H and O–H groups in total. The summed E-state index contributed by atoms with van der Waals surface area (Å²) in [5.74, 6) is 2.10. The van der Waals surface area contributed by atoms with E-state index in [2.05, 4.69) is 19.6 Å². The molecule has 1 spiro atoms. The zero-order valence-corrected chi connectivity index (χ0v) is 30.8.